The summed E-state index contributed by atoms with van der Waals surface area (Å²) in [6, 6.07) is 1.58. The number of nitrogens with zero attached hydrogens (tertiary/aromatic N) is 1. The maximum Gasteiger partial charge on any atom is 0.349 e. The van der Waals surface area contributed by atoms with E-state index in [-0.39, 0.29) is 5.76 Å². The number of thioether (sulfide) groups is 1. The highest BCUT2D eigenvalue weighted by atomic mass is 32.2. The van der Waals surface area contributed by atoms with Gasteiger partial charge in [0.2, 0.25) is 0 Å². The van der Waals surface area contributed by atoms with E-state index in [9.17, 15) is 9.90 Å². The van der Waals surface area contributed by atoms with Crippen LogP contribution >= 0.6 is 11.8 Å². The summed E-state index contributed by atoms with van der Waals surface area (Å²) >= 11 is 1.54. The van der Waals surface area contributed by atoms with Crippen molar-refractivity contribution < 1.29 is 15.0 Å². The van der Waals surface area contributed by atoms with Crippen LogP contribution in [0, 0.1) is 16.7 Å². The fourth-order valence-electron chi connectivity index (χ4n) is 1.93. The van der Waals surface area contributed by atoms with Crippen LogP contribution in [0.1, 0.15) is 33.1 Å². The SMILES string of the molecule is CCCC(CC)(CSC)C(O)=C(C#N)C(=O)O. The van der Waals surface area contributed by atoms with Gasteiger partial charge in [0, 0.05) is 11.2 Å². The lowest BCUT2D eigenvalue weighted by Crippen LogP contribution is -2.28. The molecule has 5 heteroatoms. The zero-order valence-electron chi connectivity index (χ0n) is 10.5. The first kappa shape index (κ1) is 15.9. The number of hydrogen-bond donors (Lipinski definition) is 2. The number of aliphatic hydroxyl groups is 1. The lowest BCUT2D eigenvalue weighted by atomic mass is 9.79. The standard InChI is InChI=1S/C12H19NO3S/c1-4-6-12(5-2,8-17-3)10(14)9(7-13)11(15)16/h14H,4-6,8H2,1-3H3,(H,15,16). The van der Waals surface area contributed by atoms with Crippen molar-refractivity contribution in [3.05, 3.63) is 11.3 Å². The molecule has 0 amide bonds. The van der Waals surface area contributed by atoms with Crippen LogP contribution < -0.4 is 0 Å². The fourth-order valence-corrected chi connectivity index (χ4v) is 2.97. The van der Waals surface area contributed by atoms with Gasteiger partial charge >= 0.3 is 5.97 Å². The Morgan fingerprint density at radius 1 is 1.41 bits per heavy atom. The monoisotopic (exact) mass is 257 g/mol. The second-order valence-corrected chi connectivity index (χ2v) is 4.82. The van der Waals surface area contributed by atoms with Gasteiger partial charge in [-0.15, -0.1) is 0 Å². The van der Waals surface area contributed by atoms with Gasteiger partial charge < -0.3 is 10.2 Å². The fraction of sp³-hybridized carbons (Fsp3) is 0.667. The largest absolute Gasteiger partial charge is 0.510 e. The van der Waals surface area contributed by atoms with Gasteiger partial charge in [-0.2, -0.15) is 17.0 Å². The van der Waals surface area contributed by atoms with Crippen molar-refractivity contribution in [2.75, 3.05) is 12.0 Å². The predicted molar refractivity (Wildman–Crippen MR) is 68.9 cm³/mol. The predicted octanol–water partition coefficient (Wildman–Crippen LogP) is 2.97. The van der Waals surface area contributed by atoms with Crippen LogP contribution in [0.3, 0.4) is 0 Å². The van der Waals surface area contributed by atoms with Crippen LogP contribution in [0.15, 0.2) is 11.3 Å². The van der Waals surface area contributed by atoms with Crippen LogP contribution in [0.5, 0.6) is 0 Å². The number of allylic oxidation sites excluding steroid dienone is 1. The molecule has 0 aliphatic heterocycles. The van der Waals surface area contributed by atoms with Crippen molar-refractivity contribution in [3.8, 4) is 6.07 Å². The molecule has 0 saturated carbocycles. The van der Waals surface area contributed by atoms with E-state index in [0.29, 0.717) is 18.6 Å². The van der Waals surface area contributed by atoms with Crippen LogP contribution in [0.2, 0.25) is 0 Å². The second kappa shape index (κ2) is 7.23. The molecule has 1 unspecified atom stereocenters. The number of carbonyl (C=O) groups is 1. The Morgan fingerprint density at radius 2 is 2.00 bits per heavy atom. The molecule has 17 heavy (non-hydrogen) atoms. The number of rotatable bonds is 7. The minimum Gasteiger partial charge on any atom is -0.510 e. The second-order valence-electron chi connectivity index (χ2n) is 3.96. The molecule has 96 valence electrons. The minimum absolute atomic E-state index is 0.272. The third-order valence-corrected chi connectivity index (χ3v) is 3.73. The summed E-state index contributed by atoms with van der Waals surface area (Å²) in [7, 11) is 0. The van der Waals surface area contributed by atoms with Gasteiger partial charge in [0.25, 0.3) is 0 Å². The Balaban J connectivity index is 5.58. The number of aliphatic hydroxyl groups excluding tert-OH is 1. The smallest absolute Gasteiger partial charge is 0.349 e. The third kappa shape index (κ3) is 3.67. The van der Waals surface area contributed by atoms with Crippen LogP contribution in [-0.4, -0.2) is 28.2 Å². The summed E-state index contributed by atoms with van der Waals surface area (Å²) in [6.07, 6.45) is 4.03. The highest BCUT2D eigenvalue weighted by Crippen LogP contribution is 2.39. The first-order valence-electron chi connectivity index (χ1n) is 5.55. The van der Waals surface area contributed by atoms with Gasteiger partial charge in [0.1, 0.15) is 11.8 Å². The zero-order valence-corrected chi connectivity index (χ0v) is 11.3. The maximum atomic E-state index is 10.9. The van der Waals surface area contributed by atoms with Gasteiger partial charge in [-0.25, -0.2) is 4.79 Å². The van der Waals surface area contributed by atoms with Gasteiger partial charge in [-0.3, -0.25) is 0 Å². The first-order chi connectivity index (χ1) is 7.98. The van der Waals surface area contributed by atoms with Gasteiger partial charge in [-0.05, 0) is 19.1 Å². The molecule has 0 aliphatic carbocycles. The number of nitriles is 1. The molecule has 0 bridgehead atoms. The molecule has 0 aliphatic rings. The van der Waals surface area contributed by atoms with Gasteiger partial charge in [0.15, 0.2) is 5.57 Å². The number of carboxylic acid groups (broad SMARTS) is 1. The number of hydrogen-bond acceptors (Lipinski definition) is 4. The van der Waals surface area contributed by atoms with E-state index >= 15 is 0 Å². The highest BCUT2D eigenvalue weighted by Gasteiger charge is 2.35. The maximum absolute atomic E-state index is 10.9. The summed E-state index contributed by atoms with van der Waals surface area (Å²) in [6.45, 7) is 3.88. The molecule has 0 rings (SSSR count). The average molecular weight is 257 g/mol. The zero-order chi connectivity index (χ0) is 13.5. The Bertz CT molecular complexity index is 338. The van der Waals surface area contributed by atoms with Crippen molar-refractivity contribution in [1.29, 1.82) is 5.26 Å². The highest BCUT2D eigenvalue weighted by molar-refractivity contribution is 7.98. The minimum atomic E-state index is -1.36. The van der Waals surface area contributed by atoms with Crippen molar-refractivity contribution in [2.45, 2.75) is 33.1 Å². The molecule has 0 spiro atoms. The molecule has 0 heterocycles. The van der Waals surface area contributed by atoms with Crippen LogP contribution in [-0.2, 0) is 4.79 Å². The summed E-state index contributed by atoms with van der Waals surface area (Å²) in [4.78, 5) is 10.9. The molecule has 1 atom stereocenters. The summed E-state index contributed by atoms with van der Waals surface area (Å²) in [5, 5.41) is 27.8. The van der Waals surface area contributed by atoms with E-state index in [4.69, 9.17) is 10.4 Å². The van der Waals surface area contributed by atoms with Crippen molar-refractivity contribution in [1.82, 2.24) is 0 Å². The molecule has 0 saturated heterocycles. The Hall–Kier alpha value is -1.15. The molecule has 0 radical (unpaired) electrons. The third-order valence-electron chi connectivity index (χ3n) is 2.89. The van der Waals surface area contributed by atoms with E-state index in [0.717, 1.165) is 6.42 Å². The number of carboxylic acids is 1. The van der Waals surface area contributed by atoms with Gasteiger partial charge in [0.05, 0.1) is 0 Å². The molecule has 0 aromatic rings. The summed E-state index contributed by atoms with van der Waals surface area (Å²) in [5.74, 6) is -1.02. The molecule has 2 N–H and O–H groups in total. The molecular formula is C12H19NO3S. The Morgan fingerprint density at radius 3 is 2.29 bits per heavy atom. The van der Waals surface area contributed by atoms with E-state index in [1.54, 1.807) is 17.8 Å². The molecule has 0 aromatic carbocycles. The number of aliphatic carboxylic acids is 1. The van der Waals surface area contributed by atoms with E-state index in [2.05, 4.69) is 0 Å². The average Bonchev–Trinajstić information content (AvgIpc) is 2.28. The summed E-state index contributed by atoms with van der Waals surface area (Å²) in [5.41, 5.74) is -1.13. The molecular weight excluding hydrogens is 238 g/mol. The Kier molecular flexibility index (Phi) is 6.74. The van der Waals surface area contributed by atoms with Crippen molar-refractivity contribution in [2.24, 2.45) is 5.41 Å². The quantitative estimate of drug-likeness (QED) is 0.416. The van der Waals surface area contributed by atoms with Crippen LogP contribution in [0.4, 0.5) is 0 Å². The van der Waals surface area contributed by atoms with Crippen molar-refractivity contribution in [3.63, 3.8) is 0 Å². The normalized spacial score (nSPS) is 15.6. The molecule has 0 fully saturated rings. The topological polar surface area (TPSA) is 81.3 Å². The van der Waals surface area contributed by atoms with Crippen molar-refractivity contribution >= 4 is 17.7 Å². The first-order valence-corrected chi connectivity index (χ1v) is 6.94. The van der Waals surface area contributed by atoms with Crippen LogP contribution in [0.25, 0.3) is 0 Å². The molecule has 4 nitrogen and oxygen atoms in total. The lowest BCUT2D eigenvalue weighted by molar-refractivity contribution is -0.132. The Labute approximate surface area is 106 Å². The lowest BCUT2D eigenvalue weighted by Gasteiger charge is -2.31. The van der Waals surface area contributed by atoms with E-state index < -0.39 is 17.0 Å². The van der Waals surface area contributed by atoms with E-state index in [1.807, 2.05) is 20.1 Å². The summed E-state index contributed by atoms with van der Waals surface area (Å²) < 4.78 is 0. The molecule has 0 aromatic heterocycles. The van der Waals surface area contributed by atoms with E-state index in [1.165, 1.54) is 0 Å². The van der Waals surface area contributed by atoms with Gasteiger partial charge in [-0.1, -0.05) is 20.3 Å².